The minimum Gasteiger partial charge on any atom is -0.326 e. The molecular formula is C20H21N5O2S. The highest BCUT2D eigenvalue weighted by Crippen LogP contribution is 2.19. The molecule has 1 heterocycles. The van der Waals surface area contributed by atoms with Crippen molar-refractivity contribution in [2.24, 2.45) is 7.05 Å². The third kappa shape index (κ3) is 5.43. The van der Waals surface area contributed by atoms with Gasteiger partial charge in [0.25, 0.3) is 0 Å². The van der Waals surface area contributed by atoms with Crippen LogP contribution in [0.2, 0.25) is 0 Å². The number of rotatable bonds is 7. The van der Waals surface area contributed by atoms with Crippen LogP contribution in [0.1, 0.15) is 18.3 Å². The van der Waals surface area contributed by atoms with Crippen LogP contribution >= 0.6 is 11.8 Å². The van der Waals surface area contributed by atoms with Gasteiger partial charge in [-0.2, -0.15) is 0 Å². The molecule has 0 spiro atoms. The van der Waals surface area contributed by atoms with Crippen LogP contribution < -0.4 is 10.6 Å². The third-order valence-electron chi connectivity index (χ3n) is 3.95. The highest BCUT2D eigenvalue weighted by atomic mass is 32.2. The molecule has 28 heavy (non-hydrogen) atoms. The summed E-state index contributed by atoms with van der Waals surface area (Å²) in [6.45, 7) is 1.45. The van der Waals surface area contributed by atoms with Crippen LogP contribution in [0.5, 0.6) is 0 Å². The summed E-state index contributed by atoms with van der Waals surface area (Å²) in [5.41, 5.74) is 2.52. The Labute approximate surface area is 167 Å². The van der Waals surface area contributed by atoms with E-state index in [1.807, 2.05) is 41.9 Å². The van der Waals surface area contributed by atoms with Crippen LogP contribution in [0, 0.1) is 0 Å². The summed E-state index contributed by atoms with van der Waals surface area (Å²) in [6.07, 6.45) is 0.692. The van der Waals surface area contributed by atoms with Crippen molar-refractivity contribution in [3.8, 4) is 0 Å². The van der Waals surface area contributed by atoms with Gasteiger partial charge in [-0.25, -0.2) is 0 Å². The van der Waals surface area contributed by atoms with Gasteiger partial charge < -0.3 is 15.2 Å². The van der Waals surface area contributed by atoms with Crippen LogP contribution in [0.25, 0.3) is 0 Å². The zero-order valence-electron chi connectivity index (χ0n) is 15.7. The Balaban J connectivity index is 1.52. The molecule has 3 rings (SSSR count). The summed E-state index contributed by atoms with van der Waals surface area (Å²) in [5, 5.41) is 14.6. The van der Waals surface area contributed by atoms with Gasteiger partial charge >= 0.3 is 0 Å². The minimum atomic E-state index is -0.136. The quantitative estimate of drug-likeness (QED) is 0.600. The summed E-state index contributed by atoms with van der Waals surface area (Å²) in [6, 6.07) is 17.0. The maximum Gasteiger partial charge on any atom is 0.234 e. The monoisotopic (exact) mass is 395 g/mol. The van der Waals surface area contributed by atoms with Crippen molar-refractivity contribution in [1.29, 1.82) is 0 Å². The molecule has 0 saturated heterocycles. The first-order chi connectivity index (χ1) is 13.5. The van der Waals surface area contributed by atoms with Crippen LogP contribution in [-0.2, 0) is 23.1 Å². The fourth-order valence-electron chi connectivity index (χ4n) is 2.57. The Morgan fingerprint density at radius 2 is 1.61 bits per heavy atom. The number of hydrogen-bond donors (Lipinski definition) is 2. The summed E-state index contributed by atoms with van der Waals surface area (Å²) in [5.74, 6) is 0.807. The van der Waals surface area contributed by atoms with E-state index >= 15 is 0 Å². The van der Waals surface area contributed by atoms with E-state index in [-0.39, 0.29) is 17.6 Å². The van der Waals surface area contributed by atoms with Crippen molar-refractivity contribution in [3.05, 3.63) is 66.0 Å². The van der Waals surface area contributed by atoms with Crippen LogP contribution in [0.15, 0.2) is 59.8 Å². The van der Waals surface area contributed by atoms with E-state index in [1.165, 1.54) is 18.7 Å². The second kappa shape index (κ2) is 9.18. The molecule has 0 atom stereocenters. The summed E-state index contributed by atoms with van der Waals surface area (Å²) in [7, 11) is 1.90. The van der Waals surface area contributed by atoms with Crippen molar-refractivity contribution >= 4 is 35.0 Å². The molecule has 3 aromatic rings. The van der Waals surface area contributed by atoms with Gasteiger partial charge in [0.15, 0.2) is 5.16 Å². The van der Waals surface area contributed by atoms with Crippen LogP contribution in [0.4, 0.5) is 11.4 Å². The molecule has 2 N–H and O–H groups in total. The van der Waals surface area contributed by atoms with Gasteiger partial charge in [0, 0.05) is 31.8 Å². The number of hydrogen-bond acceptors (Lipinski definition) is 5. The van der Waals surface area contributed by atoms with Crippen molar-refractivity contribution in [2.45, 2.75) is 18.5 Å². The molecular weight excluding hydrogens is 374 g/mol. The summed E-state index contributed by atoms with van der Waals surface area (Å²) >= 11 is 1.34. The average Bonchev–Trinajstić information content (AvgIpc) is 3.02. The molecule has 0 radical (unpaired) electrons. The molecule has 0 saturated carbocycles. The normalized spacial score (nSPS) is 10.5. The first-order valence-electron chi connectivity index (χ1n) is 8.74. The Morgan fingerprint density at radius 3 is 2.25 bits per heavy atom. The van der Waals surface area contributed by atoms with E-state index in [9.17, 15) is 9.59 Å². The van der Waals surface area contributed by atoms with E-state index in [0.29, 0.717) is 23.0 Å². The maximum absolute atomic E-state index is 12.2. The van der Waals surface area contributed by atoms with E-state index in [1.54, 1.807) is 24.3 Å². The number of nitrogens with zero attached hydrogens (tertiary/aromatic N) is 3. The first-order valence-corrected chi connectivity index (χ1v) is 9.72. The van der Waals surface area contributed by atoms with Crippen LogP contribution in [-0.4, -0.2) is 32.3 Å². The van der Waals surface area contributed by atoms with Gasteiger partial charge in [-0.3, -0.25) is 9.59 Å². The smallest absolute Gasteiger partial charge is 0.234 e. The van der Waals surface area contributed by atoms with Crippen molar-refractivity contribution in [2.75, 3.05) is 16.4 Å². The molecule has 7 nitrogen and oxygen atoms in total. The molecule has 0 aliphatic rings. The number of nitrogens with one attached hydrogen (secondary N) is 2. The minimum absolute atomic E-state index is 0.134. The fraction of sp³-hybridized carbons (Fsp3) is 0.200. The lowest BCUT2D eigenvalue weighted by Crippen LogP contribution is -2.14. The molecule has 2 amide bonds. The molecule has 2 aromatic carbocycles. The lowest BCUT2D eigenvalue weighted by Gasteiger charge is -2.07. The van der Waals surface area contributed by atoms with Gasteiger partial charge in [0.1, 0.15) is 5.82 Å². The largest absolute Gasteiger partial charge is 0.326 e. The predicted octanol–water partition coefficient (Wildman–Crippen LogP) is 3.10. The molecule has 0 aliphatic heterocycles. The Kier molecular flexibility index (Phi) is 6.44. The number of amides is 2. The molecule has 0 bridgehead atoms. The lowest BCUT2D eigenvalue weighted by molar-refractivity contribution is -0.114. The predicted molar refractivity (Wildman–Crippen MR) is 110 cm³/mol. The number of aromatic nitrogens is 3. The number of benzene rings is 2. The number of carbonyl (C=O) groups is 2. The van der Waals surface area contributed by atoms with Crippen LogP contribution in [0.3, 0.4) is 0 Å². The Hall–Kier alpha value is -3.13. The first kappa shape index (κ1) is 19.6. The Bertz CT molecular complexity index is 954. The molecule has 0 aliphatic carbocycles. The zero-order valence-corrected chi connectivity index (χ0v) is 16.5. The number of carbonyl (C=O) groups excluding carboxylic acids is 2. The van der Waals surface area contributed by atoms with Gasteiger partial charge in [-0.1, -0.05) is 42.1 Å². The molecule has 1 aromatic heterocycles. The summed E-state index contributed by atoms with van der Waals surface area (Å²) < 4.78 is 1.91. The van der Waals surface area contributed by atoms with E-state index in [4.69, 9.17) is 0 Å². The highest BCUT2D eigenvalue weighted by Gasteiger charge is 2.12. The van der Waals surface area contributed by atoms with Gasteiger partial charge in [0.05, 0.1) is 5.75 Å². The standard InChI is InChI=1S/C20H21N5O2S/c1-14(26)21-16-8-10-17(11-9-16)22-19(27)13-28-20-24-23-18(25(20)2)12-15-6-4-3-5-7-15/h3-11H,12-13H2,1-2H3,(H,21,26)(H,22,27). The highest BCUT2D eigenvalue weighted by molar-refractivity contribution is 7.99. The molecule has 144 valence electrons. The zero-order chi connectivity index (χ0) is 19.9. The lowest BCUT2D eigenvalue weighted by atomic mass is 10.1. The molecule has 0 fully saturated rings. The maximum atomic E-state index is 12.2. The van der Waals surface area contributed by atoms with Gasteiger partial charge in [-0.15, -0.1) is 10.2 Å². The van der Waals surface area contributed by atoms with Crippen molar-refractivity contribution in [3.63, 3.8) is 0 Å². The number of thioether (sulfide) groups is 1. The number of anilines is 2. The second-order valence-electron chi connectivity index (χ2n) is 6.22. The second-order valence-corrected chi connectivity index (χ2v) is 7.16. The molecule has 8 heteroatoms. The van der Waals surface area contributed by atoms with Gasteiger partial charge in [0.2, 0.25) is 11.8 Å². The van der Waals surface area contributed by atoms with Crippen molar-refractivity contribution < 1.29 is 9.59 Å². The van der Waals surface area contributed by atoms with Crippen molar-refractivity contribution in [1.82, 2.24) is 14.8 Å². The van der Waals surface area contributed by atoms with Gasteiger partial charge in [-0.05, 0) is 29.8 Å². The molecule has 0 unspecified atom stereocenters. The average molecular weight is 395 g/mol. The topological polar surface area (TPSA) is 88.9 Å². The fourth-order valence-corrected chi connectivity index (χ4v) is 3.30. The summed E-state index contributed by atoms with van der Waals surface area (Å²) in [4.78, 5) is 23.2. The SMILES string of the molecule is CC(=O)Nc1ccc(NC(=O)CSc2nnc(Cc3ccccc3)n2C)cc1. The van der Waals surface area contributed by atoms with E-state index in [0.717, 1.165) is 11.4 Å². The third-order valence-corrected chi connectivity index (χ3v) is 4.97. The van der Waals surface area contributed by atoms with E-state index < -0.39 is 0 Å². The Morgan fingerprint density at radius 1 is 0.964 bits per heavy atom. The van der Waals surface area contributed by atoms with E-state index in [2.05, 4.69) is 20.8 Å².